The van der Waals surface area contributed by atoms with Gasteiger partial charge in [-0.1, -0.05) is 36.4 Å². The second-order valence-electron chi connectivity index (χ2n) is 4.97. The smallest absolute Gasteiger partial charge is 0.228 e. The number of rotatable bonds is 6. The number of aromatic nitrogens is 2. The molecule has 23 heavy (non-hydrogen) atoms. The predicted octanol–water partition coefficient (Wildman–Crippen LogP) is 3.62. The molecule has 6 heteroatoms. The Morgan fingerprint density at radius 3 is 2.48 bits per heavy atom. The van der Waals surface area contributed by atoms with Gasteiger partial charge in [-0.25, -0.2) is 0 Å². The highest BCUT2D eigenvalue weighted by molar-refractivity contribution is 7.83. The molecule has 0 N–H and O–H groups in total. The fourth-order valence-corrected chi connectivity index (χ4v) is 3.18. The molecule has 1 atom stereocenters. The third kappa shape index (κ3) is 4.26. The third-order valence-corrected chi connectivity index (χ3v) is 4.31. The van der Waals surface area contributed by atoms with Crippen molar-refractivity contribution in [1.29, 1.82) is 0 Å². The molecule has 118 valence electrons. The van der Waals surface area contributed by atoms with E-state index in [1.54, 1.807) is 6.92 Å². The van der Waals surface area contributed by atoms with Crippen LogP contribution < -0.4 is 4.74 Å². The zero-order valence-electron chi connectivity index (χ0n) is 12.6. The van der Waals surface area contributed by atoms with Crippen LogP contribution in [-0.4, -0.2) is 14.4 Å². The first-order chi connectivity index (χ1) is 11.2. The number of benzene rings is 2. The van der Waals surface area contributed by atoms with Crippen LogP contribution >= 0.6 is 0 Å². The molecule has 0 radical (unpaired) electrons. The molecule has 0 aliphatic carbocycles. The van der Waals surface area contributed by atoms with Crippen molar-refractivity contribution in [3.05, 3.63) is 71.9 Å². The Bertz CT molecular complexity index is 802. The molecule has 0 unspecified atom stereocenters. The van der Waals surface area contributed by atoms with E-state index in [1.807, 2.05) is 54.6 Å². The van der Waals surface area contributed by atoms with Crippen molar-refractivity contribution < 1.29 is 13.4 Å². The van der Waals surface area contributed by atoms with Crippen molar-refractivity contribution in [2.45, 2.75) is 18.4 Å². The summed E-state index contributed by atoms with van der Waals surface area (Å²) >= 11 is 0. The van der Waals surface area contributed by atoms with Crippen LogP contribution in [0.4, 0.5) is 0 Å². The fraction of sp³-hybridized carbons (Fsp3) is 0.176. The van der Waals surface area contributed by atoms with Gasteiger partial charge in [0.15, 0.2) is 0 Å². The number of ether oxygens (including phenoxy) is 1. The van der Waals surface area contributed by atoms with E-state index in [4.69, 9.17) is 9.15 Å². The molecule has 1 heterocycles. The van der Waals surface area contributed by atoms with Gasteiger partial charge in [0.2, 0.25) is 11.8 Å². The summed E-state index contributed by atoms with van der Waals surface area (Å²) in [5, 5.41) is 7.62. The molecular formula is C17H16N2O3S. The van der Waals surface area contributed by atoms with Gasteiger partial charge in [-0.2, -0.15) is 0 Å². The van der Waals surface area contributed by atoms with Crippen LogP contribution in [0.5, 0.6) is 11.5 Å². The Labute approximate surface area is 136 Å². The Morgan fingerprint density at radius 1 is 1.00 bits per heavy atom. The van der Waals surface area contributed by atoms with E-state index in [0.29, 0.717) is 23.3 Å². The molecule has 5 nitrogen and oxygen atoms in total. The minimum Gasteiger partial charge on any atom is -0.457 e. The maximum Gasteiger partial charge on any atom is 0.228 e. The summed E-state index contributed by atoms with van der Waals surface area (Å²) in [5.74, 6) is 2.92. The highest BCUT2D eigenvalue weighted by atomic mass is 32.2. The lowest BCUT2D eigenvalue weighted by Gasteiger charge is -2.10. The molecule has 0 aliphatic heterocycles. The molecule has 0 saturated heterocycles. The van der Waals surface area contributed by atoms with Crippen LogP contribution in [-0.2, 0) is 22.3 Å². The Kier molecular flexibility index (Phi) is 4.83. The summed E-state index contributed by atoms with van der Waals surface area (Å²) in [4.78, 5) is 0. The van der Waals surface area contributed by atoms with Crippen LogP contribution in [0.3, 0.4) is 0 Å². The van der Waals surface area contributed by atoms with Crippen LogP contribution in [0.15, 0.2) is 59.0 Å². The molecule has 0 fully saturated rings. The van der Waals surface area contributed by atoms with Gasteiger partial charge in [-0.05, 0) is 18.2 Å². The van der Waals surface area contributed by atoms with Crippen LogP contribution in [0, 0.1) is 6.92 Å². The quantitative estimate of drug-likeness (QED) is 0.691. The van der Waals surface area contributed by atoms with E-state index in [2.05, 4.69) is 10.2 Å². The first-order valence-corrected chi connectivity index (χ1v) is 8.64. The number of hydrogen-bond acceptors (Lipinski definition) is 5. The summed E-state index contributed by atoms with van der Waals surface area (Å²) in [7, 11) is -1.15. The molecule has 0 amide bonds. The van der Waals surface area contributed by atoms with Crippen molar-refractivity contribution in [3.8, 4) is 11.5 Å². The van der Waals surface area contributed by atoms with Gasteiger partial charge in [0.05, 0.1) is 5.75 Å². The zero-order valence-corrected chi connectivity index (χ0v) is 13.5. The van der Waals surface area contributed by atoms with Crippen LogP contribution in [0.1, 0.15) is 17.3 Å². The molecular weight excluding hydrogens is 312 g/mol. The molecule has 0 aliphatic rings. The SMILES string of the molecule is Cc1nnc(C[S@@](=O)Cc2ccccc2Oc2ccccc2)o1. The van der Waals surface area contributed by atoms with E-state index >= 15 is 0 Å². The van der Waals surface area contributed by atoms with E-state index in [9.17, 15) is 4.21 Å². The van der Waals surface area contributed by atoms with E-state index in [-0.39, 0.29) is 5.75 Å². The number of aryl methyl sites for hydroxylation is 1. The summed E-state index contributed by atoms with van der Waals surface area (Å²) in [5.41, 5.74) is 0.880. The topological polar surface area (TPSA) is 65.2 Å². The van der Waals surface area contributed by atoms with Crippen molar-refractivity contribution in [2.75, 3.05) is 0 Å². The molecule has 3 aromatic rings. The van der Waals surface area contributed by atoms with Crippen molar-refractivity contribution in [2.24, 2.45) is 0 Å². The van der Waals surface area contributed by atoms with Crippen molar-refractivity contribution in [3.63, 3.8) is 0 Å². The zero-order chi connectivity index (χ0) is 16.1. The first-order valence-electron chi connectivity index (χ1n) is 7.15. The maximum absolute atomic E-state index is 12.3. The Morgan fingerprint density at radius 2 is 1.74 bits per heavy atom. The summed E-state index contributed by atoms with van der Waals surface area (Å²) in [6.07, 6.45) is 0. The minimum atomic E-state index is -1.15. The van der Waals surface area contributed by atoms with Gasteiger partial charge in [-0.3, -0.25) is 4.21 Å². The van der Waals surface area contributed by atoms with Gasteiger partial charge in [0, 0.05) is 23.3 Å². The lowest BCUT2D eigenvalue weighted by atomic mass is 10.2. The molecule has 2 aromatic carbocycles. The maximum atomic E-state index is 12.3. The van der Waals surface area contributed by atoms with E-state index in [0.717, 1.165) is 11.3 Å². The van der Waals surface area contributed by atoms with Gasteiger partial charge in [0.25, 0.3) is 0 Å². The average Bonchev–Trinajstić information content (AvgIpc) is 2.95. The lowest BCUT2D eigenvalue weighted by molar-refractivity contribution is 0.477. The van der Waals surface area contributed by atoms with Crippen molar-refractivity contribution >= 4 is 10.8 Å². The van der Waals surface area contributed by atoms with Crippen LogP contribution in [0.25, 0.3) is 0 Å². The van der Waals surface area contributed by atoms with Gasteiger partial charge in [-0.15, -0.1) is 10.2 Å². The van der Waals surface area contributed by atoms with Gasteiger partial charge in [0.1, 0.15) is 17.3 Å². The van der Waals surface area contributed by atoms with E-state index < -0.39 is 10.8 Å². The van der Waals surface area contributed by atoms with E-state index in [1.165, 1.54) is 0 Å². The number of nitrogens with zero attached hydrogens (tertiary/aromatic N) is 2. The summed E-state index contributed by atoms with van der Waals surface area (Å²) in [6.45, 7) is 1.71. The molecule has 3 rings (SSSR count). The standard InChI is InChI=1S/C17H16N2O3S/c1-13-18-19-17(21-13)12-23(20)11-14-7-5-6-10-16(14)22-15-8-3-2-4-9-15/h2-10H,11-12H2,1H3/t23-/m0/s1. The molecule has 1 aromatic heterocycles. The number of hydrogen-bond donors (Lipinski definition) is 0. The highest BCUT2D eigenvalue weighted by Gasteiger charge is 2.12. The normalized spacial score (nSPS) is 12.0. The Hall–Kier alpha value is -2.47. The van der Waals surface area contributed by atoms with Crippen molar-refractivity contribution in [1.82, 2.24) is 10.2 Å². The average molecular weight is 328 g/mol. The second-order valence-corrected chi connectivity index (χ2v) is 6.42. The monoisotopic (exact) mass is 328 g/mol. The summed E-state index contributed by atoms with van der Waals surface area (Å²) < 4.78 is 23.5. The van der Waals surface area contributed by atoms with Crippen LogP contribution in [0.2, 0.25) is 0 Å². The highest BCUT2D eigenvalue weighted by Crippen LogP contribution is 2.26. The second kappa shape index (κ2) is 7.19. The number of para-hydroxylation sites is 2. The summed E-state index contributed by atoms with van der Waals surface area (Å²) in [6, 6.07) is 17.1. The fourth-order valence-electron chi connectivity index (χ4n) is 2.10. The van der Waals surface area contributed by atoms with Gasteiger partial charge < -0.3 is 9.15 Å². The lowest BCUT2D eigenvalue weighted by Crippen LogP contribution is -2.01. The minimum absolute atomic E-state index is 0.237. The Balaban J connectivity index is 1.71. The largest absolute Gasteiger partial charge is 0.457 e. The predicted molar refractivity (Wildman–Crippen MR) is 87.5 cm³/mol. The molecule has 0 spiro atoms. The third-order valence-electron chi connectivity index (χ3n) is 3.11. The first kappa shape index (κ1) is 15.4. The van der Waals surface area contributed by atoms with Gasteiger partial charge >= 0.3 is 0 Å². The molecule has 0 bridgehead atoms. The molecule has 0 saturated carbocycles.